The van der Waals surface area contributed by atoms with Gasteiger partial charge in [0.15, 0.2) is 12.1 Å². The highest BCUT2D eigenvalue weighted by molar-refractivity contribution is 9.10. The highest BCUT2D eigenvalue weighted by Gasteiger charge is 2.55. The van der Waals surface area contributed by atoms with E-state index in [9.17, 15) is 23.2 Å². The minimum absolute atomic E-state index is 0.153. The summed E-state index contributed by atoms with van der Waals surface area (Å²) < 4.78 is 28.1. The molecule has 0 unspecified atom stereocenters. The zero-order valence-electron chi connectivity index (χ0n) is 23.2. The number of rotatable bonds is 5. The van der Waals surface area contributed by atoms with E-state index in [2.05, 4.69) is 26.3 Å². The summed E-state index contributed by atoms with van der Waals surface area (Å²) in [5.74, 6) is -2.35. The second-order valence-electron chi connectivity index (χ2n) is 11.1. The lowest BCUT2D eigenvalue weighted by Gasteiger charge is -2.30. The lowest BCUT2D eigenvalue weighted by molar-refractivity contribution is -0.136. The normalized spacial score (nSPS) is 25.1. The second kappa shape index (κ2) is 11.2. The van der Waals surface area contributed by atoms with E-state index >= 15 is 0 Å². The molecule has 4 aliphatic rings. The maximum atomic E-state index is 14.0. The van der Waals surface area contributed by atoms with Crippen LogP contribution in [0.15, 0.2) is 98.3 Å². The number of hydrogen-bond donors (Lipinski definition) is 0. The van der Waals surface area contributed by atoms with Crippen molar-refractivity contribution in [2.24, 2.45) is 21.4 Å². The first kappa shape index (κ1) is 28.2. The first-order chi connectivity index (χ1) is 21.3. The number of halogens is 3. The van der Waals surface area contributed by atoms with Crippen LogP contribution in [0.25, 0.3) is 6.08 Å². The van der Waals surface area contributed by atoms with Gasteiger partial charge in [-0.3, -0.25) is 19.4 Å². The van der Waals surface area contributed by atoms with Crippen molar-refractivity contribution in [2.45, 2.75) is 37.4 Å². The average Bonchev–Trinajstić information content (AvgIpc) is 3.68. The largest absolute Gasteiger partial charge is 0.271 e. The summed E-state index contributed by atoms with van der Waals surface area (Å²) in [7, 11) is 0. The van der Waals surface area contributed by atoms with E-state index in [1.54, 1.807) is 48.5 Å². The molecule has 44 heavy (non-hydrogen) atoms. The predicted molar refractivity (Wildman–Crippen MR) is 161 cm³/mol. The van der Waals surface area contributed by atoms with Crippen molar-refractivity contribution in [1.82, 2.24) is 10.0 Å². The second-order valence-corrected chi connectivity index (χ2v) is 12.0. The van der Waals surface area contributed by atoms with Gasteiger partial charge in [-0.25, -0.2) is 18.7 Å². The first-order valence-electron chi connectivity index (χ1n) is 14.2. The predicted octanol–water partition coefficient (Wildman–Crippen LogP) is 5.84. The number of carbonyl (C=O) groups excluding carboxylic acids is 3. The molecule has 2 fully saturated rings. The van der Waals surface area contributed by atoms with Gasteiger partial charge in [-0.15, -0.1) is 0 Å². The SMILES string of the molecule is O=C1[C@@H]2[C@@H](N=NN2CC(=O)N2N=C3/C(=C/c4ccc(F)cc4)CCC[C@@H]3[C@H]2c2ccc(F)cc2)C(=O)N1c1cccc(Br)c1. The van der Waals surface area contributed by atoms with Crippen molar-refractivity contribution in [3.05, 3.63) is 106 Å². The van der Waals surface area contributed by atoms with Gasteiger partial charge in [-0.05, 0) is 84.5 Å². The Balaban J connectivity index is 1.19. The Morgan fingerprint density at radius 3 is 2.41 bits per heavy atom. The molecule has 4 atom stereocenters. The van der Waals surface area contributed by atoms with Gasteiger partial charge in [0.25, 0.3) is 17.7 Å². The minimum atomic E-state index is -1.06. The average molecular weight is 659 g/mol. The fraction of sp³-hybridized carbons (Fsp3) is 0.250. The van der Waals surface area contributed by atoms with Crippen molar-refractivity contribution >= 4 is 51.1 Å². The standard InChI is InChI=1S/C32H25BrF2N6O3/c33-21-4-2-5-24(16-21)40-31(43)28-30(32(40)44)39(38-36-28)17-26(42)41-29(19-9-13-23(35)14-10-19)25-6-1-3-20(27(25)37-41)15-18-7-11-22(34)12-8-18/h2,4-5,7-16,25,28-30H,1,3,6,17H2/b20-15+/t25-,28+,29+,30-/m0/s1. The zero-order valence-corrected chi connectivity index (χ0v) is 24.8. The van der Waals surface area contributed by atoms with Crippen LogP contribution >= 0.6 is 15.9 Å². The monoisotopic (exact) mass is 658 g/mol. The molecule has 0 spiro atoms. The summed E-state index contributed by atoms with van der Waals surface area (Å²) in [5, 5.41) is 15.6. The van der Waals surface area contributed by atoms with Gasteiger partial charge in [0.2, 0.25) is 0 Å². The van der Waals surface area contributed by atoms with Gasteiger partial charge in [-0.1, -0.05) is 51.5 Å². The van der Waals surface area contributed by atoms with E-state index in [1.807, 2.05) is 6.08 Å². The Morgan fingerprint density at radius 1 is 0.955 bits per heavy atom. The highest BCUT2D eigenvalue weighted by Crippen LogP contribution is 2.45. The molecule has 3 aromatic rings. The molecule has 12 heteroatoms. The van der Waals surface area contributed by atoms with E-state index < -0.39 is 41.7 Å². The molecule has 3 heterocycles. The number of benzene rings is 3. The maximum Gasteiger partial charge on any atom is 0.264 e. The smallest absolute Gasteiger partial charge is 0.264 e. The van der Waals surface area contributed by atoms with Crippen LogP contribution in [0.2, 0.25) is 0 Å². The van der Waals surface area contributed by atoms with Crippen LogP contribution in [-0.2, 0) is 14.4 Å². The third kappa shape index (κ3) is 4.92. The molecule has 7 rings (SSSR count). The van der Waals surface area contributed by atoms with Gasteiger partial charge >= 0.3 is 0 Å². The number of hydrazone groups is 1. The summed E-state index contributed by atoms with van der Waals surface area (Å²) >= 11 is 3.37. The molecule has 3 aliphatic heterocycles. The number of allylic oxidation sites excluding steroid dienone is 1. The van der Waals surface area contributed by atoms with Crippen molar-refractivity contribution in [3.63, 3.8) is 0 Å². The van der Waals surface area contributed by atoms with Gasteiger partial charge in [0.05, 0.1) is 17.4 Å². The van der Waals surface area contributed by atoms with Crippen molar-refractivity contribution in [2.75, 3.05) is 11.4 Å². The van der Waals surface area contributed by atoms with E-state index in [4.69, 9.17) is 5.10 Å². The number of anilines is 1. The number of fused-ring (bicyclic) bond motifs is 2. The summed E-state index contributed by atoms with van der Waals surface area (Å²) in [6.45, 7) is -0.339. The van der Waals surface area contributed by atoms with Crippen molar-refractivity contribution in [1.29, 1.82) is 0 Å². The van der Waals surface area contributed by atoms with Crippen LogP contribution in [-0.4, -0.2) is 52.1 Å². The molecule has 222 valence electrons. The van der Waals surface area contributed by atoms with E-state index in [1.165, 1.54) is 34.3 Å². The van der Waals surface area contributed by atoms with Gasteiger partial charge < -0.3 is 0 Å². The topological polar surface area (TPSA) is 98.0 Å². The zero-order chi connectivity index (χ0) is 30.5. The molecule has 0 radical (unpaired) electrons. The molecule has 3 aromatic carbocycles. The lowest BCUT2D eigenvalue weighted by atomic mass is 9.77. The maximum absolute atomic E-state index is 14.0. The van der Waals surface area contributed by atoms with Crippen LogP contribution in [0.3, 0.4) is 0 Å². The van der Waals surface area contributed by atoms with Crippen LogP contribution in [0.4, 0.5) is 14.5 Å². The Bertz CT molecular complexity index is 1760. The summed E-state index contributed by atoms with van der Waals surface area (Å²) in [6, 6.07) is 16.4. The highest BCUT2D eigenvalue weighted by atomic mass is 79.9. The van der Waals surface area contributed by atoms with E-state index in [-0.39, 0.29) is 18.3 Å². The summed E-state index contributed by atoms with van der Waals surface area (Å²) in [5.41, 5.74) is 3.63. The Labute approximate surface area is 259 Å². The quantitative estimate of drug-likeness (QED) is 0.322. The van der Waals surface area contributed by atoms with Gasteiger partial charge in [0.1, 0.15) is 18.2 Å². The Hall–Kier alpha value is -4.58. The molecular weight excluding hydrogens is 634 g/mol. The van der Waals surface area contributed by atoms with E-state index in [0.717, 1.165) is 46.6 Å². The van der Waals surface area contributed by atoms with E-state index in [0.29, 0.717) is 10.2 Å². The molecule has 3 amide bonds. The number of hydrogen-bond acceptors (Lipinski definition) is 7. The Kier molecular flexibility index (Phi) is 7.16. The summed E-state index contributed by atoms with van der Waals surface area (Å²) in [6.07, 6.45) is 4.30. The molecular formula is C32H25BrF2N6O3. The molecule has 1 saturated carbocycles. The van der Waals surface area contributed by atoms with Crippen LogP contribution in [0.5, 0.6) is 0 Å². The Morgan fingerprint density at radius 2 is 1.68 bits per heavy atom. The fourth-order valence-electron chi connectivity index (χ4n) is 6.40. The molecule has 0 bridgehead atoms. The molecule has 1 saturated heterocycles. The first-order valence-corrected chi connectivity index (χ1v) is 15.0. The third-order valence-corrected chi connectivity index (χ3v) is 8.89. The fourth-order valence-corrected chi connectivity index (χ4v) is 6.78. The van der Waals surface area contributed by atoms with Crippen LogP contribution < -0.4 is 4.90 Å². The molecule has 0 N–H and O–H groups in total. The molecule has 1 aliphatic carbocycles. The third-order valence-electron chi connectivity index (χ3n) is 8.40. The van der Waals surface area contributed by atoms with Crippen molar-refractivity contribution in [3.8, 4) is 0 Å². The molecule has 0 aromatic heterocycles. The summed E-state index contributed by atoms with van der Waals surface area (Å²) in [4.78, 5) is 41.7. The van der Waals surface area contributed by atoms with Crippen LogP contribution in [0.1, 0.15) is 36.4 Å². The number of amides is 3. The number of imide groups is 1. The molecule has 9 nitrogen and oxygen atoms in total. The number of nitrogens with zero attached hydrogens (tertiary/aromatic N) is 6. The van der Waals surface area contributed by atoms with Crippen molar-refractivity contribution < 1.29 is 23.2 Å². The minimum Gasteiger partial charge on any atom is -0.271 e. The van der Waals surface area contributed by atoms with Gasteiger partial charge in [0, 0.05) is 10.4 Å². The lowest BCUT2D eigenvalue weighted by Crippen LogP contribution is -2.45. The van der Waals surface area contributed by atoms with Crippen LogP contribution in [0, 0.1) is 17.6 Å². The number of carbonyl (C=O) groups is 3. The van der Waals surface area contributed by atoms with Gasteiger partial charge in [-0.2, -0.15) is 10.2 Å².